The van der Waals surface area contributed by atoms with Crippen LogP contribution in [0.3, 0.4) is 0 Å². The number of rotatable bonds is 7. The molecule has 146 valence electrons. The molecule has 0 aliphatic rings. The van der Waals surface area contributed by atoms with E-state index in [-0.39, 0.29) is 11.4 Å². The van der Waals surface area contributed by atoms with E-state index in [9.17, 15) is 4.79 Å². The molecular weight excluding hydrogens is 346 g/mol. The van der Waals surface area contributed by atoms with Crippen LogP contribution < -0.4 is 5.32 Å². The van der Waals surface area contributed by atoms with Gasteiger partial charge in [-0.25, -0.2) is 4.79 Å². The zero-order chi connectivity index (χ0) is 20.1. The fraction of sp³-hybridized carbons (Fsp3) is 0.320. The first-order valence-electron chi connectivity index (χ1n) is 9.87. The van der Waals surface area contributed by atoms with E-state index in [1.165, 1.54) is 0 Å². The van der Waals surface area contributed by atoms with Crippen LogP contribution in [0.5, 0.6) is 0 Å². The Labute approximate surface area is 167 Å². The predicted molar refractivity (Wildman–Crippen MR) is 117 cm³/mol. The van der Waals surface area contributed by atoms with E-state index in [1.54, 1.807) is 0 Å². The van der Waals surface area contributed by atoms with E-state index < -0.39 is 0 Å². The monoisotopic (exact) mass is 375 g/mol. The Kier molecular flexibility index (Phi) is 6.03. The minimum Gasteiger partial charge on any atom is -0.461 e. The third kappa shape index (κ3) is 4.92. The molecule has 0 saturated carbocycles. The summed E-state index contributed by atoms with van der Waals surface area (Å²) in [7, 11) is 0. The van der Waals surface area contributed by atoms with E-state index >= 15 is 0 Å². The van der Waals surface area contributed by atoms with Crippen molar-refractivity contribution in [1.29, 1.82) is 0 Å². The lowest BCUT2D eigenvalue weighted by Gasteiger charge is -2.26. The highest BCUT2D eigenvalue weighted by molar-refractivity contribution is 6.00. The first-order valence-corrected chi connectivity index (χ1v) is 9.87. The van der Waals surface area contributed by atoms with Crippen LogP contribution in [0.1, 0.15) is 44.5 Å². The van der Waals surface area contributed by atoms with Gasteiger partial charge in [-0.15, -0.1) is 0 Å². The van der Waals surface area contributed by atoms with Gasteiger partial charge in [-0.2, -0.15) is 0 Å². The highest BCUT2D eigenvalue weighted by Gasteiger charge is 2.23. The lowest BCUT2D eigenvalue weighted by Crippen LogP contribution is -2.24. The predicted octanol–water partition coefficient (Wildman–Crippen LogP) is 6.81. The second-order valence-electron chi connectivity index (χ2n) is 8.54. The van der Waals surface area contributed by atoms with Crippen LogP contribution in [0.15, 0.2) is 66.7 Å². The van der Waals surface area contributed by atoms with Crippen molar-refractivity contribution in [1.82, 2.24) is 0 Å². The molecule has 0 heterocycles. The van der Waals surface area contributed by atoms with Gasteiger partial charge >= 0.3 is 5.97 Å². The van der Waals surface area contributed by atoms with Gasteiger partial charge in [0.2, 0.25) is 0 Å². The number of nitrogens with one attached hydrogen (secondary N) is 1. The summed E-state index contributed by atoms with van der Waals surface area (Å²) in [5.41, 5.74) is 2.24. The largest absolute Gasteiger partial charge is 0.461 e. The number of carbonyl (C=O) groups excluding carboxylic acids is 1. The lowest BCUT2D eigenvalue weighted by atomic mass is 9.85. The topological polar surface area (TPSA) is 38.3 Å². The average Bonchev–Trinajstić information content (AvgIpc) is 2.66. The first-order chi connectivity index (χ1) is 13.4. The number of hydrogen-bond donors (Lipinski definition) is 1. The first kappa shape index (κ1) is 19.9. The smallest absolute Gasteiger partial charge is 0.340 e. The average molecular weight is 376 g/mol. The van der Waals surface area contributed by atoms with Gasteiger partial charge in [-0.3, -0.25) is 0 Å². The second-order valence-corrected chi connectivity index (χ2v) is 8.54. The number of ether oxygens (including phenoxy) is 1. The van der Waals surface area contributed by atoms with Crippen LogP contribution in [0.2, 0.25) is 0 Å². The Morgan fingerprint density at radius 1 is 0.929 bits per heavy atom. The highest BCUT2D eigenvalue weighted by Crippen LogP contribution is 2.29. The molecule has 3 rings (SSSR count). The van der Waals surface area contributed by atoms with Crippen LogP contribution in [0.4, 0.5) is 11.4 Å². The molecule has 3 nitrogen and oxygen atoms in total. The molecule has 28 heavy (non-hydrogen) atoms. The van der Waals surface area contributed by atoms with Gasteiger partial charge in [0, 0.05) is 11.1 Å². The Hall–Kier alpha value is -2.81. The maximum atomic E-state index is 12.8. The highest BCUT2D eigenvalue weighted by atomic mass is 16.5. The summed E-state index contributed by atoms with van der Waals surface area (Å²) in [6.45, 7) is 9.06. The zero-order valence-corrected chi connectivity index (χ0v) is 17.2. The summed E-state index contributed by atoms with van der Waals surface area (Å²) in [5.74, 6) is 0.272. The van der Waals surface area contributed by atoms with Crippen molar-refractivity contribution in [2.24, 2.45) is 11.3 Å². The molecule has 3 heteroatoms. The maximum Gasteiger partial charge on any atom is 0.340 e. The molecule has 0 aliphatic heterocycles. The van der Waals surface area contributed by atoms with Crippen molar-refractivity contribution in [3.05, 3.63) is 72.3 Å². The fourth-order valence-electron chi connectivity index (χ4n) is 3.75. The van der Waals surface area contributed by atoms with Gasteiger partial charge in [-0.1, -0.05) is 76.2 Å². The van der Waals surface area contributed by atoms with Crippen LogP contribution in [0.25, 0.3) is 10.8 Å². The molecular formula is C25H29NO2. The number of para-hydroxylation sites is 1. The minimum absolute atomic E-state index is 0.0398. The Morgan fingerprint density at radius 3 is 2.36 bits per heavy atom. The molecule has 0 atom stereocenters. The molecule has 0 unspecified atom stereocenters. The number of hydrogen-bond acceptors (Lipinski definition) is 3. The van der Waals surface area contributed by atoms with Gasteiger partial charge in [0.05, 0.1) is 17.9 Å². The number of benzene rings is 3. The van der Waals surface area contributed by atoms with Crippen molar-refractivity contribution in [3.8, 4) is 0 Å². The summed E-state index contributed by atoms with van der Waals surface area (Å²) < 4.78 is 5.68. The van der Waals surface area contributed by atoms with Gasteiger partial charge in [0.25, 0.3) is 0 Å². The van der Waals surface area contributed by atoms with Crippen molar-refractivity contribution >= 4 is 28.1 Å². The number of fused-ring (bicyclic) bond motifs is 1. The molecule has 3 aromatic carbocycles. The number of anilines is 2. The summed E-state index contributed by atoms with van der Waals surface area (Å²) in [4.78, 5) is 12.8. The van der Waals surface area contributed by atoms with Gasteiger partial charge < -0.3 is 10.1 Å². The van der Waals surface area contributed by atoms with Gasteiger partial charge in [-0.05, 0) is 41.3 Å². The number of esters is 1. The standard InChI is InChI=1S/C25H29NO2/c1-18(2)16-25(3,4)17-28-24(27)21-13-7-8-14-23(21)26-22-15-9-11-19-10-5-6-12-20(19)22/h5-15,18,26H,16-17H2,1-4H3. The maximum absolute atomic E-state index is 12.8. The van der Waals surface area contributed by atoms with E-state index in [1.807, 2.05) is 48.5 Å². The second kappa shape index (κ2) is 8.47. The zero-order valence-electron chi connectivity index (χ0n) is 17.2. The molecule has 0 bridgehead atoms. The van der Waals surface area contributed by atoms with E-state index in [0.717, 1.165) is 28.6 Å². The molecule has 0 radical (unpaired) electrons. The summed E-state index contributed by atoms with van der Waals surface area (Å²) >= 11 is 0. The Balaban J connectivity index is 1.80. The molecule has 0 aromatic heterocycles. The molecule has 0 spiro atoms. The molecule has 0 fully saturated rings. The quantitative estimate of drug-likeness (QED) is 0.461. The normalized spacial score (nSPS) is 11.6. The summed E-state index contributed by atoms with van der Waals surface area (Å²) in [6.07, 6.45) is 1.01. The van der Waals surface area contributed by atoms with Crippen molar-refractivity contribution in [2.45, 2.75) is 34.1 Å². The van der Waals surface area contributed by atoms with Crippen molar-refractivity contribution in [3.63, 3.8) is 0 Å². The van der Waals surface area contributed by atoms with Crippen molar-refractivity contribution in [2.75, 3.05) is 11.9 Å². The summed E-state index contributed by atoms with van der Waals surface area (Å²) in [5, 5.41) is 5.70. The van der Waals surface area contributed by atoms with Crippen LogP contribution in [-0.2, 0) is 4.74 Å². The molecule has 1 N–H and O–H groups in total. The third-order valence-electron chi connectivity index (χ3n) is 4.76. The molecule has 0 aliphatic carbocycles. The van der Waals surface area contributed by atoms with Crippen LogP contribution >= 0.6 is 0 Å². The van der Waals surface area contributed by atoms with Gasteiger partial charge in [0.1, 0.15) is 0 Å². The van der Waals surface area contributed by atoms with E-state index in [4.69, 9.17) is 4.74 Å². The van der Waals surface area contributed by atoms with E-state index in [0.29, 0.717) is 18.1 Å². The van der Waals surface area contributed by atoms with Crippen LogP contribution in [0, 0.1) is 11.3 Å². The van der Waals surface area contributed by atoms with Crippen molar-refractivity contribution < 1.29 is 9.53 Å². The Morgan fingerprint density at radius 2 is 1.57 bits per heavy atom. The fourth-order valence-corrected chi connectivity index (χ4v) is 3.75. The lowest BCUT2D eigenvalue weighted by molar-refractivity contribution is 0.0307. The third-order valence-corrected chi connectivity index (χ3v) is 4.76. The summed E-state index contributed by atoms with van der Waals surface area (Å²) in [6, 6.07) is 21.8. The van der Waals surface area contributed by atoms with Gasteiger partial charge in [0.15, 0.2) is 0 Å². The number of carbonyl (C=O) groups is 1. The molecule has 3 aromatic rings. The van der Waals surface area contributed by atoms with Crippen LogP contribution in [-0.4, -0.2) is 12.6 Å². The molecule has 0 saturated heterocycles. The molecule has 0 amide bonds. The Bertz CT molecular complexity index is 954. The van der Waals surface area contributed by atoms with E-state index in [2.05, 4.69) is 51.2 Å². The SMILES string of the molecule is CC(C)CC(C)(C)COC(=O)c1ccccc1Nc1cccc2ccccc12. The minimum atomic E-state index is -0.292.